The number of sulfonamides is 1. The lowest BCUT2D eigenvalue weighted by Gasteiger charge is -2.30. The summed E-state index contributed by atoms with van der Waals surface area (Å²) in [6.45, 7) is 5.09. The minimum atomic E-state index is -3.53. The Morgan fingerprint density at radius 2 is 1.70 bits per heavy atom. The summed E-state index contributed by atoms with van der Waals surface area (Å²) in [4.78, 5) is 25.4. The Kier molecular flexibility index (Phi) is 8.51. The molecule has 0 saturated carbocycles. The number of hydrogen-bond acceptors (Lipinski definition) is 4. The van der Waals surface area contributed by atoms with E-state index in [2.05, 4.69) is 10.6 Å². The molecule has 7 nitrogen and oxygen atoms in total. The van der Waals surface area contributed by atoms with E-state index in [4.69, 9.17) is 11.6 Å². The first-order valence-electron chi connectivity index (χ1n) is 11.1. The average Bonchev–Trinajstić information content (AvgIpc) is 2.79. The molecule has 2 N–H and O–H groups in total. The molecule has 0 unspecified atom stereocenters. The van der Waals surface area contributed by atoms with Crippen molar-refractivity contribution in [1.29, 1.82) is 0 Å². The van der Waals surface area contributed by atoms with Gasteiger partial charge in [0, 0.05) is 30.6 Å². The molecule has 178 valence electrons. The molecule has 33 heavy (non-hydrogen) atoms. The Labute approximate surface area is 200 Å². The van der Waals surface area contributed by atoms with E-state index in [-0.39, 0.29) is 36.6 Å². The van der Waals surface area contributed by atoms with Gasteiger partial charge in [-0.15, -0.1) is 0 Å². The number of anilines is 1. The zero-order chi connectivity index (χ0) is 24.0. The molecule has 1 fully saturated rings. The van der Waals surface area contributed by atoms with Crippen molar-refractivity contribution < 1.29 is 18.0 Å². The number of carbonyl (C=O) groups is 2. The van der Waals surface area contributed by atoms with Crippen molar-refractivity contribution in [2.24, 2.45) is 11.8 Å². The average molecular weight is 492 g/mol. The molecule has 2 aromatic rings. The highest BCUT2D eigenvalue weighted by atomic mass is 35.5. The second-order valence-electron chi connectivity index (χ2n) is 8.66. The van der Waals surface area contributed by atoms with Crippen LogP contribution in [-0.2, 0) is 20.6 Å². The molecule has 2 amide bonds. The highest BCUT2D eigenvalue weighted by molar-refractivity contribution is 7.88. The van der Waals surface area contributed by atoms with Crippen molar-refractivity contribution in [3.63, 3.8) is 0 Å². The lowest BCUT2D eigenvalue weighted by molar-refractivity contribution is -0.120. The van der Waals surface area contributed by atoms with Gasteiger partial charge in [-0.1, -0.05) is 55.8 Å². The quantitative estimate of drug-likeness (QED) is 0.585. The maximum absolute atomic E-state index is 12.9. The molecule has 2 aromatic carbocycles. The third-order valence-electron chi connectivity index (χ3n) is 5.61. The van der Waals surface area contributed by atoms with Crippen molar-refractivity contribution in [2.45, 2.75) is 32.4 Å². The van der Waals surface area contributed by atoms with Gasteiger partial charge < -0.3 is 10.6 Å². The normalized spacial score (nSPS) is 15.4. The summed E-state index contributed by atoms with van der Waals surface area (Å²) in [7, 11) is -3.53. The van der Waals surface area contributed by atoms with Crippen LogP contribution >= 0.6 is 11.6 Å². The summed E-state index contributed by atoms with van der Waals surface area (Å²) in [6.07, 6.45) is 0.824. The zero-order valence-corrected chi connectivity index (χ0v) is 20.5. The van der Waals surface area contributed by atoms with Gasteiger partial charge in [-0.25, -0.2) is 12.7 Å². The molecular formula is C24H30ClN3O4S. The topological polar surface area (TPSA) is 95.6 Å². The Hall–Kier alpha value is -2.42. The predicted octanol–water partition coefficient (Wildman–Crippen LogP) is 3.91. The van der Waals surface area contributed by atoms with E-state index in [1.807, 2.05) is 13.8 Å². The van der Waals surface area contributed by atoms with Crippen LogP contribution in [-0.4, -0.2) is 44.2 Å². The highest BCUT2D eigenvalue weighted by Crippen LogP contribution is 2.25. The van der Waals surface area contributed by atoms with E-state index in [0.29, 0.717) is 47.1 Å². The molecule has 1 aliphatic heterocycles. The van der Waals surface area contributed by atoms with Crippen LogP contribution in [0.4, 0.5) is 5.69 Å². The summed E-state index contributed by atoms with van der Waals surface area (Å²) < 4.78 is 27.1. The monoisotopic (exact) mass is 491 g/mol. The summed E-state index contributed by atoms with van der Waals surface area (Å²) in [5.41, 5.74) is 1.43. The number of nitrogens with zero attached hydrogens (tertiary/aromatic N) is 1. The maximum atomic E-state index is 12.9. The van der Waals surface area contributed by atoms with Gasteiger partial charge in [0.2, 0.25) is 15.9 Å². The first-order valence-corrected chi connectivity index (χ1v) is 13.1. The lowest BCUT2D eigenvalue weighted by atomic mass is 9.97. The molecule has 9 heteroatoms. The van der Waals surface area contributed by atoms with Crippen molar-refractivity contribution in [3.05, 3.63) is 64.7 Å². The van der Waals surface area contributed by atoms with Crippen LogP contribution in [0.15, 0.2) is 48.5 Å². The lowest BCUT2D eigenvalue weighted by Crippen LogP contribution is -2.42. The van der Waals surface area contributed by atoms with Crippen LogP contribution in [0.1, 0.15) is 42.6 Å². The number of nitrogens with one attached hydrogen (secondary N) is 2. The summed E-state index contributed by atoms with van der Waals surface area (Å²) in [5, 5.41) is 6.15. The fourth-order valence-corrected chi connectivity index (χ4v) is 5.59. The van der Waals surface area contributed by atoms with E-state index in [1.165, 1.54) is 4.31 Å². The molecule has 0 aliphatic carbocycles. The summed E-state index contributed by atoms with van der Waals surface area (Å²) >= 11 is 6.12. The molecule has 0 bridgehead atoms. The largest absolute Gasteiger partial charge is 0.352 e. The number of hydrogen-bond donors (Lipinski definition) is 2. The van der Waals surface area contributed by atoms with Crippen LogP contribution < -0.4 is 10.6 Å². The van der Waals surface area contributed by atoms with Crippen LogP contribution in [0.5, 0.6) is 0 Å². The van der Waals surface area contributed by atoms with Crippen molar-refractivity contribution >= 4 is 39.1 Å². The number of amides is 2. The minimum absolute atomic E-state index is 0.164. The zero-order valence-electron chi connectivity index (χ0n) is 18.9. The number of halogens is 1. The number of rotatable bonds is 8. The second kappa shape index (κ2) is 11.1. The maximum Gasteiger partial charge on any atom is 0.253 e. The molecule has 1 saturated heterocycles. The van der Waals surface area contributed by atoms with Crippen molar-refractivity contribution in [2.75, 3.05) is 25.0 Å². The second-order valence-corrected chi connectivity index (χ2v) is 11.0. The molecule has 0 aromatic heterocycles. The molecule has 1 aliphatic rings. The van der Waals surface area contributed by atoms with Gasteiger partial charge >= 0.3 is 0 Å². The van der Waals surface area contributed by atoms with Gasteiger partial charge in [0.25, 0.3) is 5.91 Å². The first-order chi connectivity index (χ1) is 15.7. The third kappa shape index (κ3) is 6.79. The van der Waals surface area contributed by atoms with E-state index in [9.17, 15) is 18.0 Å². The van der Waals surface area contributed by atoms with Gasteiger partial charge in [-0.05, 0) is 42.5 Å². The van der Waals surface area contributed by atoms with Crippen LogP contribution in [0.3, 0.4) is 0 Å². The van der Waals surface area contributed by atoms with Crippen molar-refractivity contribution in [3.8, 4) is 0 Å². The SMILES string of the molecule is CC(C)CNC(=O)c1ccccc1NC(=O)C1CCN(S(=O)(=O)Cc2ccccc2Cl)CC1. The Bertz CT molecular complexity index is 1100. The third-order valence-corrected chi connectivity index (χ3v) is 7.81. The van der Waals surface area contributed by atoms with E-state index < -0.39 is 10.0 Å². The Morgan fingerprint density at radius 1 is 1.06 bits per heavy atom. The fraction of sp³-hybridized carbons (Fsp3) is 0.417. The molecular weight excluding hydrogens is 462 g/mol. The summed E-state index contributed by atoms with van der Waals surface area (Å²) in [5.74, 6) is -0.622. The molecule has 1 heterocycles. The van der Waals surface area contributed by atoms with Gasteiger partial charge in [-0.3, -0.25) is 9.59 Å². The van der Waals surface area contributed by atoms with E-state index in [1.54, 1.807) is 48.5 Å². The van der Waals surface area contributed by atoms with E-state index in [0.717, 1.165) is 0 Å². The van der Waals surface area contributed by atoms with Crippen LogP contribution in [0, 0.1) is 11.8 Å². The molecule has 3 rings (SSSR count). The van der Waals surface area contributed by atoms with Crippen LogP contribution in [0.25, 0.3) is 0 Å². The van der Waals surface area contributed by atoms with Gasteiger partial charge in [0.05, 0.1) is 17.0 Å². The van der Waals surface area contributed by atoms with Gasteiger partial charge in [0.1, 0.15) is 0 Å². The highest BCUT2D eigenvalue weighted by Gasteiger charge is 2.32. The Balaban J connectivity index is 1.59. The van der Waals surface area contributed by atoms with E-state index >= 15 is 0 Å². The summed E-state index contributed by atoms with van der Waals surface area (Å²) in [6, 6.07) is 13.8. The fourth-order valence-electron chi connectivity index (χ4n) is 3.72. The number of piperidine rings is 1. The molecule has 0 spiro atoms. The van der Waals surface area contributed by atoms with Gasteiger partial charge in [-0.2, -0.15) is 0 Å². The van der Waals surface area contributed by atoms with Gasteiger partial charge in [0.15, 0.2) is 0 Å². The Morgan fingerprint density at radius 3 is 2.36 bits per heavy atom. The predicted molar refractivity (Wildman–Crippen MR) is 131 cm³/mol. The first kappa shape index (κ1) is 25.2. The molecule has 0 radical (unpaired) electrons. The number of para-hydroxylation sites is 1. The minimum Gasteiger partial charge on any atom is -0.352 e. The standard InChI is InChI=1S/C24H30ClN3O4S/c1-17(2)15-26-24(30)20-8-4-6-10-22(20)27-23(29)18-11-13-28(14-12-18)33(31,32)16-19-7-3-5-9-21(19)25/h3-10,17-18H,11-16H2,1-2H3,(H,26,30)(H,27,29). The van der Waals surface area contributed by atoms with Crippen molar-refractivity contribution in [1.82, 2.24) is 9.62 Å². The van der Waals surface area contributed by atoms with Crippen LogP contribution in [0.2, 0.25) is 5.02 Å². The smallest absolute Gasteiger partial charge is 0.253 e. The number of carbonyl (C=O) groups excluding carboxylic acids is 2. The molecule has 0 atom stereocenters. The number of benzene rings is 2.